The van der Waals surface area contributed by atoms with Crippen LogP contribution in [0.3, 0.4) is 0 Å². The maximum absolute atomic E-state index is 3.47. The van der Waals surface area contributed by atoms with Gasteiger partial charge in [-0.25, -0.2) is 0 Å². The first-order valence-corrected chi connectivity index (χ1v) is 8.23. The van der Waals surface area contributed by atoms with Crippen molar-refractivity contribution >= 4 is 0 Å². The molecule has 3 heteroatoms. The highest BCUT2D eigenvalue weighted by Crippen LogP contribution is 2.15. The van der Waals surface area contributed by atoms with E-state index in [-0.39, 0.29) is 0 Å². The molecule has 0 fully saturated rings. The van der Waals surface area contributed by atoms with Crippen LogP contribution in [-0.4, -0.2) is 57.1 Å². The summed E-state index contributed by atoms with van der Waals surface area (Å²) in [4.78, 5) is 4.80. The number of hydrogen-bond acceptors (Lipinski definition) is 3. The van der Waals surface area contributed by atoms with E-state index in [1.54, 1.807) is 0 Å². The minimum atomic E-state index is 0.412. The Labute approximate surface area is 131 Å². The van der Waals surface area contributed by atoms with Crippen LogP contribution in [0.5, 0.6) is 0 Å². The van der Waals surface area contributed by atoms with E-state index in [2.05, 4.69) is 74.4 Å². The van der Waals surface area contributed by atoms with Crippen molar-refractivity contribution in [2.45, 2.75) is 32.7 Å². The van der Waals surface area contributed by atoms with Gasteiger partial charge in [-0.05, 0) is 64.7 Å². The van der Waals surface area contributed by atoms with Crippen LogP contribution in [0, 0.1) is 0 Å². The molecule has 0 bridgehead atoms. The molecule has 1 atom stereocenters. The second-order valence-electron chi connectivity index (χ2n) is 5.99. The lowest BCUT2D eigenvalue weighted by Crippen LogP contribution is -2.35. The molecule has 0 heterocycles. The van der Waals surface area contributed by atoms with Gasteiger partial charge in [0, 0.05) is 12.6 Å². The molecule has 1 rings (SSSR count). The molecule has 0 aliphatic heterocycles. The Balaban J connectivity index is 2.56. The number of aryl methyl sites for hydroxylation is 1. The van der Waals surface area contributed by atoms with Crippen LogP contribution >= 0.6 is 0 Å². The summed E-state index contributed by atoms with van der Waals surface area (Å²) in [5.74, 6) is 0. The molecule has 1 aromatic carbocycles. The fourth-order valence-corrected chi connectivity index (χ4v) is 2.60. The Hall–Kier alpha value is -0.900. The number of benzene rings is 1. The molecule has 1 N–H and O–H groups in total. The zero-order valence-electron chi connectivity index (χ0n) is 14.5. The second-order valence-corrected chi connectivity index (χ2v) is 5.99. The average Bonchev–Trinajstić information content (AvgIpc) is 2.50. The third-order valence-corrected chi connectivity index (χ3v) is 4.11. The van der Waals surface area contributed by atoms with Crippen molar-refractivity contribution in [2.75, 3.05) is 47.3 Å². The molecular formula is C18H33N3. The SMILES string of the molecule is CCc1ccc(C(CN(CC)CCCN(C)C)NC)cc1. The van der Waals surface area contributed by atoms with Gasteiger partial charge >= 0.3 is 0 Å². The molecule has 1 unspecified atom stereocenters. The van der Waals surface area contributed by atoms with Crippen molar-refractivity contribution in [3.63, 3.8) is 0 Å². The minimum absolute atomic E-state index is 0.412. The van der Waals surface area contributed by atoms with Gasteiger partial charge in [-0.1, -0.05) is 38.1 Å². The van der Waals surface area contributed by atoms with Gasteiger partial charge in [-0.15, -0.1) is 0 Å². The third-order valence-electron chi connectivity index (χ3n) is 4.11. The van der Waals surface area contributed by atoms with Gasteiger partial charge in [0.15, 0.2) is 0 Å². The molecule has 0 radical (unpaired) electrons. The molecule has 0 aliphatic carbocycles. The van der Waals surface area contributed by atoms with Crippen molar-refractivity contribution in [1.82, 2.24) is 15.1 Å². The molecule has 120 valence electrons. The molecular weight excluding hydrogens is 258 g/mol. The van der Waals surface area contributed by atoms with Gasteiger partial charge in [-0.3, -0.25) is 0 Å². The van der Waals surface area contributed by atoms with E-state index in [0.29, 0.717) is 6.04 Å². The zero-order chi connectivity index (χ0) is 15.7. The van der Waals surface area contributed by atoms with E-state index in [0.717, 1.165) is 26.1 Å². The van der Waals surface area contributed by atoms with Crippen LogP contribution in [0.4, 0.5) is 0 Å². The molecule has 0 saturated carbocycles. The van der Waals surface area contributed by atoms with Gasteiger partial charge in [0.05, 0.1) is 0 Å². The highest BCUT2D eigenvalue weighted by molar-refractivity contribution is 5.25. The van der Waals surface area contributed by atoms with E-state index in [4.69, 9.17) is 0 Å². The fourth-order valence-electron chi connectivity index (χ4n) is 2.60. The molecule has 0 saturated heterocycles. The predicted octanol–water partition coefficient (Wildman–Crippen LogP) is 2.78. The summed E-state index contributed by atoms with van der Waals surface area (Å²) < 4.78 is 0. The highest BCUT2D eigenvalue weighted by atomic mass is 15.1. The summed E-state index contributed by atoms with van der Waals surface area (Å²) >= 11 is 0. The molecule has 0 spiro atoms. The van der Waals surface area contributed by atoms with Crippen LogP contribution in [-0.2, 0) is 6.42 Å². The number of rotatable bonds is 10. The maximum atomic E-state index is 3.47. The molecule has 21 heavy (non-hydrogen) atoms. The monoisotopic (exact) mass is 291 g/mol. The Bertz CT molecular complexity index is 373. The topological polar surface area (TPSA) is 18.5 Å². The average molecular weight is 291 g/mol. The smallest absolute Gasteiger partial charge is 0.0446 e. The third kappa shape index (κ3) is 6.60. The van der Waals surface area contributed by atoms with Crippen molar-refractivity contribution in [2.24, 2.45) is 0 Å². The van der Waals surface area contributed by atoms with Crippen LogP contribution in [0.2, 0.25) is 0 Å². The van der Waals surface area contributed by atoms with E-state index in [1.165, 1.54) is 24.1 Å². The Kier molecular flexibility index (Phi) is 8.58. The molecule has 3 nitrogen and oxygen atoms in total. The first-order chi connectivity index (χ1) is 10.1. The van der Waals surface area contributed by atoms with Crippen molar-refractivity contribution in [1.29, 1.82) is 0 Å². The van der Waals surface area contributed by atoms with Crippen LogP contribution in [0.1, 0.15) is 37.4 Å². The summed E-state index contributed by atoms with van der Waals surface area (Å²) in [6.07, 6.45) is 2.34. The van der Waals surface area contributed by atoms with E-state index < -0.39 is 0 Å². The van der Waals surface area contributed by atoms with Gasteiger partial charge in [0.2, 0.25) is 0 Å². The van der Waals surface area contributed by atoms with Crippen LogP contribution < -0.4 is 5.32 Å². The fraction of sp³-hybridized carbons (Fsp3) is 0.667. The predicted molar refractivity (Wildman–Crippen MR) is 92.9 cm³/mol. The first kappa shape index (κ1) is 18.1. The number of likely N-dealkylation sites (N-methyl/N-ethyl adjacent to an activating group) is 2. The lowest BCUT2D eigenvalue weighted by atomic mass is 10.0. The maximum Gasteiger partial charge on any atom is 0.0446 e. The second kappa shape index (κ2) is 9.93. The number of nitrogens with zero attached hydrogens (tertiary/aromatic N) is 2. The molecule has 0 aliphatic rings. The Morgan fingerprint density at radius 2 is 1.71 bits per heavy atom. The summed E-state index contributed by atoms with van der Waals surface area (Å²) in [7, 11) is 6.34. The van der Waals surface area contributed by atoms with Crippen molar-refractivity contribution in [3.05, 3.63) is 35.4 Å². The van der Waals surface area contributed by atoms with Crippen molar-refractivity contribution < 1.29 is 0 Å². The van der Waals surface area contributed by atoms with Crippen LogP contribution in [0.15, 0.2) is 24.3 Å². The van der Waals surface area contributed by atoms with E-state index in [1.807, 2.05) is 0 Å². The summed E-state index contributed by atoms with van der Waals surface area (Å²) in [5.41, 5.74) is 2.80. The summed E-state index contributed by atoms with van der Waals surface area (Å²) in [5, 5.41) is 3.47. The summed E-state index contributed by atoms with van der Waals surface area (Å²) in [6.45, 7) is 8.97. The lowest BCUT2D eigenvalue weighted by molar-refractivity contribution is 0.243. The molecule has 0 aromatic heterocycles. The zero-order valence-corrected chi connectivity index (χ0v) is 14.5. The standard InChI is InChI=1S/C18H33N3/c1-6-16-9-11-17(12-10-16)18(19-3)15-21(7-2)14-8-13-20(4)5/h9-12,18-19H,6-8,13-15H2,1-5H3. The number of hydrogen-bond donors (Lipinski definition) is 1. The van der Waals surface area contributed by atoms with Crippen molar-refractivity contribution in [3.8, 4) is 0 Å². The highest BCUT2D eigenvalue weighted by Gasteiger charge is 2.13. The molecule has 1 aromatic rings. The molecule has 0 amide bonds. The van der Waals surface area contributed by atoms with Crippen LogP contribution in [0.25, 0.3) is 0 Å². The first-order valence-electron chi connectivity index (χ1n) is 8.23. The quantitative estimate of drug-likeness (QED) is 0.715. The van der Waals surface area contributed by atoms with Gasteiger partial charge in [0.25, 0.3) is 0 Å². The largest absolute Gasteiger partial charge is 0.312 e. The van der Waals surface area contributed by atoms with E-state index in [9.17, 15) is 0 Å². The normalized spacial score (nSPS) is 13.1. The Morgan fingerprint density at radius 1 is 1.05 bits per heavy atom. The minimum Gasteiger partial charge on any atom is -0.312 e. The van der Waals surface area contributed by atoms with Gasteiger partial charge in [0.1, 0.15) is 0 Å². The van der Waals surface area contributed by atoms with Gasteiger partial charge < -0.3 is 15.1 Å². The van der Waals surface area contributed by atoms with Gasteiger partial charge in [-0.2, -0.15) is 0 Å². The summed E-state index contributed by atoms with van der Waals surface area (Å²) in [6, 6.07) is 9.46. The number of nitrogens with one attached hydrogen (secondary N) is 1. The lowest BCUT2D eigenvalue weighted by Gasteiger charge is -2.27. The Morgan fingerprint density at radius 3 is 2.19 bits per heavy atom. The van der Waals surface area contributed by atoms with E-state index >= 15 is 0 Å².